The zero-order valence-electron chi connectivity index (χ0n) is 9.42. The van der Waals surface area contributed by atoms with E-state index in [-0.39, 0.29) is 0 Å². The fourth-order valence-electron chi connectivity index (χ4n) is 1.26. The Labute approximate surface area is 86.2 Å². The minimum atomic E-state index is 0.553. The number of benzene rings is 1. The molecule has 0 heterocycles. The predicted molar refractivity (Wildman–Crippen MR) is 60.5 cm³/mol. The van der Waals surface area contributed by atoms with E-state index in [4.69, 9.17) is 4.84 Å². The molecule has 0 radical (unpaired) electrons. The van der Waals surface area contributed by atoms with Crippen LogP contribution in [0.3, 0.4) is 0 Å². The summed E-state index contributed by atoms with van der Waals surface area (Å²) in [6, 6.07) is 6.43. The molecule has 14 heavy (non-hydrogen) atoms. The van der Waals surface area contributed by atoms with E-state index in [0.29, 0.717) is 12.5 Å². The van der Waals surface area contributed by atoms with Gasteiger partial charge < -0.3 is 0 Å². The van der Waals surface area contributed by atoms with Crippen molar-refractivity contribution in [2.24, 2.45) is 0 Å². The van der Waals surface area contributed by atoms with Gasteiger partial charge in [0, 0.05) is 0 Å². The summed E-state index contributed by atoms with van der Waals surface area (Å²) in [4.78, 5) is 5.19. The standard InChI is InChI=1S/C12H19NO/c1-5-14-13-12-8-11(9(2)3)7-6-10(12)4/h6-9,13H,5H2,1-4H3. The molecule has 0 bridgehead atoms. The summed E-state index contributed by atoms with van der Waals surface area (Å²) in [5.41, 5.74) is 6.57. The molecule has 0 aliphatic heterocycles. The van der Waals surface area contributed by atoms with Crippen LogP contribution in [-0.2, 0) is 4.84 Å². The highest BCUT2D eigenvalue weighted by molar-refractivity contribution is 5.51. The number of hydrogen-bond acceptors (Lipinski definition) is 2. The highest BCUT2D eigenvalue weighted by atomic mass is 16.6. The lowest BCUT2D eigenvalue weighted by Gasteiger charge is -2.12. The highest BCUT2D eigenvalue weighted by Crippen LogP contribution is 2.22. The first-order valence-electron chi connectivity index (χ1n) is 5.13. The average Bonchev–Trinajstić information content (AvgIpc) is 2.16. The van der Waals surface area contributed by atoms with Crippen LogP contribution < -0.4 is 5.48 Å². The van der Waals surface area contributed by atoms with Crippen molar-refractivity contribution in [1.29, 1.82) is 0 Å². The van der Waals surface area contributed by atoms with Gasteiger partial charge in [-0.15, -0.1) is 0 Å². The first kappa shape index (κ1) is 11.1. The van der Waals surface area contributed by atoms with Crippen molar-refractivity contribution in [3.8, 4) is 0 Å². The van der Waals surface area contributed by atoms with Gasteiger partial charge in [-0.25, -0.2) is 0 Å². The van der Waals surface area contributed by atoms with Crippen molar-refractivity contribution in [1.82, 2.24) is 0 Å². The van der Waals surface area contributed by atoms with Crippen molar-refractivity contribution in [2.75, 3.05) is 12.1 Å². The lowest BCUT2D eigenvalue weighted by atomic mass is 10.0. The smallest absolute Gasteiger partial charge is 0.0717 e. The number of nitrogens with one attached hydrogen (secondary N) is 1. The highest BCUT2D eigenvalue weighted by Gasteiger charge is 2.02. The van der Waals surface area contributed by atoms with Gasteiger partial charge in [0.15, 0.2) is 0 Å². The fourth-order valence-corrected chi connectivity index (χ4v) is 1.26. The van der Waals surface area contributed by atoms with Crippen LogP contribution >= 0.6 is 0 Å². The average molecular weight is 193 g/mol. The molecule has 0 spiro atoms. The zero-order chi connectivity index (χ0) is 10.6. The molecule has 1 N–H and O–H groups in total. The summed E-state index contributed by atoms with van der Waals surface area (Å²) in [7, 11) is 0. The van der Waals surface area contributed by atoms with Crippen molar-refractivity contribution < 1.29 is 4.84 Å². The minimum Gasteiger partial charge on any atom is -0.276 e. The van der Waals surface area contributed by atoms with E-state index in [1.807, 2.05) is 6.92 Å². The van der Waals surface area contributed by atoms with E-state index in [0.717, 1.165) is 5.69 Å². The van der Waals surface area contributed by atoms with Crippen LogP contribution in [0.1, 0.15) is 37.8 Å². The maximum Gasteiger partial charge on any atom is 0.0717 e. The van der Waals surface area contributed by atoms with Crippen LogP contribution in [0.15, 0.2) is 18.2 Å². The van der Waals surface area contributed by atoms with Gasteiger partial charge in [0.1, 0.15) is 0 Å². The first-order chi connectivity index (χ1) is 6.65. The summed E-state index contributed by atoms with van der Waals surface area (Å²) in [6.45, 7) is 9.09. The lowest BCUT2D eigenvalue weighted by Crippen LogP contribution is -2.02. The van der Waals surface area contributed by atoms with E-state index in [2.05, 4.69) is 44.5 Å². The molecule has 0 atom stereocenters. The monoisotopic (exact) mass is 193 g/mol. The van der Waals surface area contributed by atoms with Gasteiger partial charge in [-0.1, -0.05) is 26.0 Å². The molecule has 0 amide bonds. The van der Waals surface area contributed by atoms with Crippen LogP contribution in [0.2, 0.25) is 0 Å². The molecule has 1 aromatic rings. The maximum absolute atomic E-state index is 5.19. The van der Waals surface area contributed by atoms with Gasteiger partial charge in [-0.2, -0.15) is 0 Å². The van der Waals surface area contributed by atoms with Gasteiger partial charge in [0.2, 0.25) is 0 Å². The molecule has 0 aromatic heterocycles. The van der Waals surface area contributed by atoms with Crippen LogP contribution in [0, 0.1) is 6.92 Å². The first-order valence-corrected chi connectivity index (χ1v) is 5.13. The molecular formula is C12H19NO. The molecule has 0 fully saturated rings. The summed E-state index contributed by atoms with van der Waals surface area (Å²) in [5.74, 6) is 0.553. The molecule has 1 rings (SSSR count). The number of aryl methyl sites for hydroxylation is 1. The lowest BCUT2D eigenvalue weighted by molar-refractivity contribution is 0.210. The van der Waals surface area contributed by atoms with Crippen molar-refractivity contribution in [3.63, 3.8) is 0 Å². The second-order valence-electron chi connectivity index (χ2n) is 3.76. The minimum absolute atomic E-state index is 0.553. The Morgan fingerprint density at radius 3 is 2.64 bits per heavy atom. The van der Waals surface area contributed by atoms with Gasteiger partial charge in [0.05, 0.1) is 12.3 Å². The number of hydrogen-bond donors (Lipinski definition) is 1. The van der Waals surface area contributed by atoms with Crippen LogP contribution in [0.4, 0.5) is 5.69 Å². The Morgan fingerprint density at radius 1 is 1.36 bits per heavy atom. The SMILES string of the molecule is CCONc1cc(C(C)C)ccc1C. The molecule has 0 saturated carbocycles. The van der Waals surface area contributed by atoms with E-state index in [9.17, 15) is 0 Å². The molecule has 2 heteroatoms. The largest absolute Gasteiger partial charge is 0.276 e. The molecule has 0 unspecified atom stereocenters. The van der Waals surface area contributed by atoms with Gasteiger partial charge in [0.25, 0.3) is 0 Å². The van der Waals surface area contributed by atoms with Gasteiger partial charge in [-0.3, -0.25) is 10.3 Å². The molecule has 78 valence electrons. The Hall–Kier alpha value is -1.02. The van der Waals surface area contributed by atoms with E-state index in [1.165, 1.54) is 11.1 Å². The summed E-state index contributed by atoms with van der Waals surface area (Å²) in [5, 5.41) is 0. The van der Waals surface area contributed by atoms with Crippen molar-refractivity contribution >= 4 is 5.69 Å². The second-order valence-corrected chi connectivity index (χ2v) is 3.76. The van der Waals surface area contributed by atoms with Gasteiger partial charge in [-0.05, 0) is 37.0 Å². The second kappa shape index (κ2) is 5.01. The van der Waals surface area contributed by atoms with E-state index < -0.39 is 0 Å². The van der Waals surface area contributed by atoms with Crippen molar-refractivity contribution in [2.45, 2.75) is 33.6 Å². The van der Waals surface area contributed by atoms with Gasteiger partial charge >= 0.3 is 0 Å². The molecule has 0 aliphatic rings. The maximum atomic E-state index is 5.19. The third kappa shape index (κ3) is 2.74. The third-order valence-corrected chi connectivity index (χ3v) is 2.25. The van der Waals surface area contributed by atoms with Crippen LogP contribution in [0.5, 0.6) is 0 Å². The Kier molecular flexibility index (Phi) is 3.96. The predicted octanol–water partition coefficient (Wildman–Crippen LogP) is 3.48. The van der Waals surface area contributed by atoms with Crippen molar-refractivity contribution in [3.05, 3.63) is 29.3 Å². The van der Waals surface area contributed by atoms with Crippen LogP contribution in [-0.4, -0.2) is 6.61 Å². The summed E-state index contributed by atoms with van der Waals surface area (Å²) in [6.07, 6.45) is 0. The molecule has 0 aliphatic carbocycles. The number of rotatable bonds is 4. The third-order valence-electron chi connectivity index (χ3n) is 2.25. The topological polar surface area (TPSA) is 21.3 Å². The fraction of sp³-hybridized carbons (Fsp3) is 0.500. The number of anilines is 1. The Bertz CT molecular complexity index is 294. The summed E-state index contributed by atoms with van der Waals surface area (Å²) < 4.78 is 0. The van der Waals surface area contributed by atoms with E-state index >= 15 is 0 Å². The normalized spacial score (nSPS) is 10.6. The zero-order valence-corrected chi connectivity index (χ0v) is 9.42. The Balaban J connectivity index is 2.85. The molecular weight excluding hydrogens is 174 g/mol. The molecule has 1 aromatic carbocycles. The van der Waals surface area contributed by atoms with Crippen LogP contribution in [0.25, 0.3) is 0 Å². The molecule has 0 saturated heterocycles. The Morgan fingerprint density at radius 2 is 2.07 bits per heavy atom. The summed E-state index contributed by atoms with van der Waals surface area (Å²) >= 11 is 0. The molecule has 2 nitrogen and oxygen atoms in total. The quantitative estimate of drug-likeness (QED) is 0.739. The van der Waals surface area contributed by atoms with E-state index in [1.54, 1.807) is 0 Å².